The first kappa shape index (κ1) is 13.4. The highest BCUT2D eigenvalue weighted by atomic mass is 32.1. The molecule has 2 nitrogen and oxygen atoms in total. The van der Waals surface area contributed by atoms with Gasteiger partial charge in [-0.2, -0.15) is 0 Å². The molecule has 0 radical (unpaired) electrons. The molecule has 2 heterocycles. The summed E-state index contributed by atoms with van der Waals surface area (Å²) < 4.78 is 5.56. The summed E-state index contributed by atoms with van der Waals surface area (Å²) in [6, 6.07) is 6.28. The number of nitrogens with two attached hydrogens (primary N) is 1. The summed E-state index contributed by atoms with van der Waals surface area (Å²) in [7, 11) is 0. The maximum absolute atomic E-state index is 6.34. The Balaban J connectivity index is 2.32. The van der Waals surface area contributed by atoms with Crippen LogP contribution in [-0.2, 0) is 5.41 Å². The second kappa shape index (κ2) is 4.56. The van der Waals surface area contributed by atoms with E-state index in [4.69, 9.17) is 10.2 Å². The molecule has 0 spiro atoms. The van der Waals surface area contributed by atoms with Gasteiger partial charge in [-0.25, -0.2) is 0 Å². The average Bonchev–Trinajstić information content (AvgIpc) is 2.83. The summed E-state index contributed by atoms with van der Waals surface area (Å²) in [6.07, 6.45) is 0. The maximum atomic E-state index is 6.34. The van der Waals surface area contributed by atoms with E-state index in [0.29, 0.717) is 0 Å². The molecule has 0 aliphatic rings. The lowest BCUT2D eigenvalue weighted by atomic mass is 9.95. The Morgan fingerprint density at radius 1 is 1.22 bits per heavy atom. The number of aryl methyl sites for hydroxylation is 2. The van der Waals surface area contributed by atoms with E-state index in [1.54, 1.807) is 11.3 Å². The predicted molar refractivity (Wildman–Crippen MR) is 77.2 cm³/mol. The van der Waals surface area contributed by atoms with Crippen molar-refractivity contribution in [2.75, 3.05) is 0 Å². The Hall–Kier alpha value is -1.06. The highest BCUT2D eigenvalue weighted by Gasteiger charge is 2.21. The van der Waals surface area contributed by atoms with Crippen LogP contribution in [0.1, 0.15) is 53.7 Å². The summed E-state index contributed by atoms with van der Waals surface area (Å²) >= 11 is 1.79. The van der Waals surface area contributed by atoms with E-state index in [-0.39, 0.29) is 11.5 Å². The van der Waals surface area contributed by atoms with Gasteiger partial charge in [0.05, 0.1) is 6.04 Å². The van der Waals surface area contributed by atoms with Crippen molar-refractivity contribution >= 4 is 11.3 Å². The fourth-order valence-corrected chi connectivity index (χ4v) is 3.12. The molecule has 0 aliphatic heterocycles. The Morgan fingerprint density at radius 3 is 2.33 bits per heavy atom. The molecule has 0 amide bonds. The van der Waals surface area contributed by atoms with Crippen molar-refractivity contribution < 1.29 is 4.42 Å². The molecule has 18 heavy (non-hydrogen) atoms. The summed E-state index contributed by atoms with van der Waals surface area (Å²) in [5.41, 5.74) is 7.61. The molecule has 1 unspecified atom stereocenters. The molecule has 0 saturated carbocycles. The lowest BCUT2D eigenvalue weighted by Crippen LogP contribution is -2.11. The van der Waals surface area contributed by atoms with E-state index < -0.39 is 0 Å². The largest absolute Gasteiger partial charge is 0.466 e. The van der Waals surface area contributed by atoms with Crippen molar-refractivity contribution in [3.63, 3.8) is 0 Å². The third-order valence-electron chi connectivity index (χ3n) is 3.09. The zero-order chi connectivity index (χ0) is 13.5. The Bertz CT molecular complexity index is 545. The van der Waals surface area contributed by atoms with Crippen molar-refractivity contribution in [3.8, 4) is 0 Å². The topological polar surface area (TPSA) is 39.2 Å². The Kier molecular flexibility index (Phi) is 3.39. The molecule has 2 aromatic heterocycles. The van der Waals surface area contributed by atoms with Gasteiger partial charge in [-0.15, -0.1) is 11.3 Å². The second-order valence-electron chi connectivity index (χ2n) is 5.80. The van der Waals surface area contributed by atoms with Gasteiger partial charge in [0, 0.05) is 15.3 Å². The van der Waals surface area contributed by atoms with Crippen molar-refractivity contribution in [3.05, 3.63) is 45.0 Å². The van der Waals surface area contributed by atoms with Crippen molar-refractivity contribution in [1.29, 1.82) is 0 Å². The first-order chi connectivity index (χ1) is 8.29. The van der Waals surface area contributed by atoms with Gasteiger partial charge < -0.3 is 10.2 Å². The van der Waals surface area contributed by atoms with Gasteiger partial charge >= 0.3 is 0 Å². The normalized spacial score (nSPS) is 13.9. The molecule has 0 aliphatic carbocycles. The van der Waals surface area contributed by atoms with Crippen LogP contribution in [0.3, 0.4) is 0 Å². The number of rotatable bonds is 2. The minimum absolute atomic E-state index is 0.0800. The molecule has 0 bridgehead atoms. The van der Waals surface area contributed by atoms with E-state index in [1.165, 1.54) is 9.75 Å². The number of hydrogen-bond donors (Lipinski definition) is 1. The maximum Gasteiger partial charge on any atom is 0.106 e. The van der Waals surface area contributed by atoms with Crippen LogP contribution in [0.5, 0.6) is 0 Å². The van der Waals surface area contributed by atoms with Crippen molar-refractivity contribution in [1.82, 2.24) is 0 Å². The van der Waals surface area contributed by atoms with Crippen LogP contribution in [0.15, 0.2) is 22.6 Å². The highest BCUT2D eigenvalue weighted by Crippen LogP contribution is 2.35. The van der Waals surface area contributed by atoms with Gasteiger partial charge in [-0.3, -0.25) is 0 Å². The molecule has 1 atom stereocenters. The lowest BCUT2D eigenvalue weighted by Gasteiger charge is -2.15. The second-order valence-corrected chi connectivity index (χ2v) is 6.91. The smallest absolute Gasteiger partial charge is 0.106 e. The van der Waals surface area contributed by atoms with E-state index in [2.05, 4.69) is 32.9 Å². The van der Waals surface area contributed by atoms with E-state index in [9.17, 15) is 0 Å². The van der Waals surface area contributed by atoms with Gasteiger partial charge in [0.2, 0.25) is 0 Å². The lowest BCUT2D eigenvalue weighted by molar-refractivity contribution is 0.500. The van der Waals surface area contributed by atoms with E-state index in [0.717, 1.165) is 17.1 Å². The molecule has 0 fully saturated rings. The molecule has 2 rings (SSSR count). The SMILES string of the molecule is Cc1cc(C(N)c2ccc(C(C)(C)C)s2)c(C)o1. The highest BCUT2D eigenvalue weighted by molar-refractivity contribution is 7.12. The van der Waals surface area contributed by atoms with Gasteiger partial charge in [0.25, 0.3) is 0 Å². The van der Waals surface area contributed by atoms with Crippen LogP contribution >= 0.6 is 11.3 Å². The standard InChI is InChI=1S/C15H21NOS/c1-9-8-11(10(2)17-9)14(16)12-6-7-13(18-12)15(3,4)5/h6-8,14H,16H2,1-5H3. The fourth-order valence-electron chi connectivity index (χ4n) is 2.04. The first-order valence-corrected chi connectivity index (χ1v) is 7.03. The molecule has 0 saturated heterocycles. The molecular formula is C15H21NOS. The number of hydrogen-bond acceptors (Lipinski definition) is 3. The van der Waals surface area contributed by atoms with Crippen LogP contribution in [0.25, 0.3) is 0 Å². The fraction of sp³-hybridized carbons (Fsp3) is 0.467. The van der Waals surface area contributed by atoms with Gasteiger partial charge in [-0.1, -0.05) is 20.8 Å². The van der Waals surface area contributed by atoms with E-state index in [1.807, 2.05) is 19.9 Å². The predicted octanol–water partition coefficient (Wildman–Crippen LogP) is 4.30. The van der Waals surface area contributed by atoms with Gasteiger partial charge in [-0.05, 0) is 37.5 Å². The number of furan rings is 1. The first-order valence-electron chi connectivity index (χ1n) is 6.22. The van der Waals surface area contributed by atoms with Crippen LogP contribution in [-0.4, -0.2) is 0 Å². The molecule has 2 aromatic rings. The molecule has 98 valence electrons. The Labute approximate surface area is 113 Å². The minimum Gasteiger partial charge on any atom is -0.466 e. The molecule has 0 aromatic carbocycles. The van der Waals surface area contributed by atoms with E-state index >= 15 is 0 Å². The van der Waals surface area contributed by atoms with Crippen LogP contribution in [0, 0.1) is 13.8 Å². The molecule has 2 N–H and O–H groups in total. The summed E-state index contributed by atoms with van der Waals surface area (Å²) in [5.74, 6) is 1.84. The summed E-state index contributed by atoms with van der Waals surface area (Å²) in [6.45, 7) is 10.6. The quantitative estimate of drug-likeness (QED) is 0.877. The van der Waals surface area contributed by atoms with Crippen molar-refractivity contribution in [2.24, 2.45) is 5.73 Å². The summed E-state index contributed by atoms with van der Waals surface area (Å²) in [5, 5.41) is 0. The van der Waals surface area contributed by atoms with Crippen LogP contribution in [0.4, 0.5) is 0 Å². The average molecular weight is 263 g/mol. The summed E-state index contributed by atoms with van der Waals surface area (Å²) in [4.78, 5) is 2.56. The zero-order valence-corrected chi connectivity index (χ0v) is 12.5. The molecule has 3 heteroatoms. The van der Waals surface area contributed by atoms with Gasteiger partial charge in [0.15, 0.2) is 0 Å². The monoisotopic (exact) mass is 263 g/mol. The third-order valence-corrected chi connectivity index (χ3v) is 4.68. The van der Waals surface area contributed by atoms with Crippen LogP contribution < -0.4 is 5.73 Å². The molecular weight excluding hydrogens is 242 g/mol. The minimum atomic E-state index is -0.0800. The number of thiophene rings is 1. The van der Waals surface area contributed by atoms with Gasteiger partial charge in [0.1, 0.15) is 11.5 Å². The third kappa shape index (κ3) is 2.52. The van der Waals surface area contributed by atoms with Crippen molar-refractivity contribution in [2.45, 2.75) is 46.1 Å². The zero-order valence-electron chi connectivity index (χ0n) is 11.7. The Morgan fingerprint density at radius 2 is 1.89 bits per heavy atom. The van der Waals surface area contributed by atoms with Crippen LogP contribution in [0.2, 0.25) is 0 Å².